The lowest BCUT2D eigenvalue weighted by atomic mass is 9.87. The van der Waals surface area contributed by atoms with Crippen molar-refractivity contribution < 1.29 is 26.7 Å². The van der Waals surface area contributed by atoms with Crippen LogP contribution < -0.4 is 0 Å². The van der Waals surface area contributed by atoms with E-state index in [4.69, 9.17) is 0 Å². The Morgan fingerprint density at radius 1 is 1.27 bits per heavy atom. The van der Waals surface area contributed by atoms with E-state index in [-0.39, 0.29) is 11.3 Å². The van der Waals surface area contributed by atoms with Crippen LogP contribution in [0, 0.1) is 5.92 Å². The Morgan fingerprint density at radius 2 is 1.91 bits per heavy atom. The molecule has 1 unspecified atom stereocenters. The fraction of sp³-hybridized carbons (Fsp3) is 0.214. The lowest BCUT2D eigenvalue weighted by Gasteiger charge is -2.26. The van der Waals surface area contributed by atoms with Gasteiger partial charge in [0.15, 0.2) is 0 Å². The van der Waals surface area contributed by atoms with Crippen molar-refractivity contribution in [1.82, 2.24) is 3.11 Å². The summed E-state index contributed by atoms with van der Waals surface area (Å²) in [6, 6.07) is 0. The molecule has 2 rings (SSSR count). The Morgan fingerprint density at radius 3 is 2.45 bits per heavy atom. The van der Waals surface area contributed by atoms with Crippen LogP contribution in [0.2, 0.25) is 0 Å². The Hall–Kier alpha value is -1.45. The number of hydrogen-bond donors (Lipinski definition) is 0. The van der Waals surface area contributed by atoms with Crippen molar-refractivity contribution >= 4 is 28.6 Å². The SMILES string of the molecule is CC1C=C(F)C(C(=O)C(F)(F)F)=C(F)C1=C1C=CC=CN1I. The summed E-state index contributed by atoms with van der Waals surface area (Å²) in [6.07, 6.45) is 1.70. The molecule has 0 saturated carbocycles. The second kappa shape index (κ2) is 5.98. The van der Waals surface area contributed by atoms with Gasteiger partial charge in [-0.3, -0.25) is 7.91 Å². The molecule has 0 fully saturated rings. The summed E-state index contributed by atoms with van der Waals surface area (Å²) in [5.41, 5.74) is -1.48. The zero-order valence-electron chi connectivity index (χ0n) is 11.1. The standard InChI is InChI=1S/C14H9F5INO/c1-7-6-8(15)11(13(22)14(17,18)19)12(16)10(7)9-4-2-3-5-21(9)20/h2-7H,1H3. The van der Waals surface area contributed by atoms with E-state index in [2.05, 4.69) is 0 Å². The van der Waals surface area contributed by atoms with Gasteiger partial charge in [0.05, 0.1) is 34.1 Å². The Kier molecular flexibility index (Phi) is 4.59. The van der Waals surface area contributed by atoms with E-state index < -0.39 is 35.1 Å². The summed E-state index contributed by atoms with van der Waals surface area (Å²) in [5, 5.41) is 0. The summed E-state index contributed by atoms with van der Waals surface area (Å²) in [5.74, 6) is -6.31. The highest BCUT2D eigenvalue weighted by atomic mass is 127. The maximum atomic E-state index is 14.5. The van der Waals surface area contributed by atoms with E-state index in [0.717, 1.165) is 6.08 Å². The van der Waals surface area contributed by atoms with Gasteiger partial charge in [-0.1, -0.05) is 13.0 Å². The van der Waals surface area contributed by atoms with Gasteiger partial charge in [0.1, 0.15) is 11.7 Å². The van der Waals surface area contributed by atoms with Crippen molar-refractivity contribution in [2.75, 3.05) is 0 Å². The van der Waals surface area contributed by atoms with Gasteiger partial charge in [0.2, 0.25) is 0 Å². The molecule has 1 aliphatic carbocycles. The van der Waals surface area contributed by atoms with Crippen molar-refractivity contribution in [2.45, 2.75) is 13.1 Å². The van der Waals surface area contributed by atoms with Gasteiger partial charge in [-0.15, -0.1) is 0 Å². The maximum Gasteiger partial charge on any atom is 0.455 e. The third kappa shape index (κ3) is 3.01. The molecule has 8 heteroatoms. The number of carbonyl (C=O) groups is 1. The average Bonchev–Trinajstić information content (AvgIpc) is 2.39. The molecule has 0 aromatic rings. The summed E-state index contributed by atoms with van der Waals surface area (Å²) in [4.78, 5) is 11.3. The number of rotatable bonds is 1. The lowest BCUT2D eigenvalue weighted by molar-refractivity contribution is -0.166. The number of nitrogens with zero attached hydrogens (tertiary/aromatic N) is 1. The second-order valence-corrected chi connectivity index (χ2v) is 5.67. The van der Waals surface area contributed by atoms with Crippen LogP contribution in [0.5, 0.6) is 0 Å². The quantitative estimate of drug-likeness (QED) is 0.338. The normalized spacial score (nSPS) is 25.7. The van der Waals surface area contributed by atoms with Crippen LogP contribution in [-0.2, 0) is 4.79 Å². The molecular formula is C14H9F5INO. The van der Waals surface area contributed by atoms with Crippen LogP contribution >= 0.6 is 22.9 Å². The van der Waals surface area contributed by atoms with E-state index >= 15 is 0 Å². The van der Waals surface area contributed by atoms with E-state index in [0.29, 0.717) is 0 Å². The molecule has 2 nitrogen and oxygen atoms in total. The molecule has 0 radical (unpaired) electrons. The highest BCUT2D eigenvalue weighted by Crippen LogP contribution is 2.41. The maximum absolute atomic E-state index is 14.5. The molecule has 0 bridgehead atoms. The largest absolute Gasteiger partial charge is 0.455 e. The van der Waals surface area contributed by atoms with Crippen LogP contribution in [0.4, 0.5) is 22.0 Å². The van der Waals surface area contributed by atoms with Gasteiger partial charge in [-0.2, -0.15) is 13.2 Å². The van der Waals surface area contributed by atoms with Crippen LogP contribution in [0.15, 0.2) is 59.0 Å². The number of halogens is 6. The minimum Gasteiger partial charge on any atom is -0.290 e. The van der Waals surface area contributed by atoms with E-state index in [1.165, 1.54) is 16.1 Å². The highest BCUT2D eigenvalue weighted by molar-refractivity contribution is 14.1. The van der Waals surface area contributed by atoms with E-state index in [9.17, 15) is 26.7 Å². The Balaban J connectivity index is 2.65. The fourth-order valence-electron chi connectivity index (χ4n) is 2.15. The summed E-state index contributed by atoms with van der Waals surface area (Å²) in [7, 11) is 0. The van der Waals surface area contributed by atoms with Gasteiger partial charge < -0.3 is 0 Å². The zero-order valence-corrected chi connectivity index (χ0v) is 13.2. The first-order valence-electron chi connectivity index (χ1n) is 6.08. The summed E-state index contributed by atoms with van der Waals surface area (Å²) < 4.78 is 67.3. The first-order chi connectivity index (χ1) is 10.1. The van der Waals surface area contributed by atoms with Crippen LogP contribution in [0.1, 0.15) is 6.92 Å². The molecular weight excluding hydrogens is 420 g/mol. The fourth-order valence-corrected chi connectivity index (χ4v) is 2.76. The van der Waals surface area contributed by atoms with Gasteiger partial charge in [0.25, 0.3) is 5.78 Å². The van der Waals surface area contributed by atoms with Crippen LogP contribution in [0.3, 0.4) is 0 Å². The predicted molar refractivity (Wildman–Crippen MR) is 78.7 cm³/mol. The average molecular weight is 429 g/mol. The number of hydrogen-bond acceptors (Lipinski definition) is 2. The molecule has 1 heterocycles. The van der Waals surface area contributed by atoms with Crippen molar-refractivity contribution in [3.63, 3.8) is 0 Å². The summed E-state index contributed by atoms with van der Waals surface area (Å²) >= 11 is 1.81. The number of Topliss-reactive ketones (excluding diaryl/α,β-unsaturated/α-hetero) is 1. The molecule has 0 N–H and O–H groups in total. The number of alkyl halides is 3. The molecule has 1 atom stereocenters. The molecule has 0 saturated heterocycles. The molecule has 0 aromatic carbocycles. The van der Waals surface area contributed by atoms with Gasteiger partial charge in [-0.25, -0.2) is 8.78 Å². The predicted octanol–water partition coefficient (Wildman–Crippen LogP) is 4.83. The van der Waals surface area contributed by atoms with Crippen molar-refractivity contribution in [1.29, 1.82) is 0 Å². The first kappa shape index (κ1) is 16.9. The molecule has 22 heavy (non-hydrogen) atoms. The zero-order chi connectivity index (χ0) is 16.7. The topological polar surface area (TPSA) is 20.3 Å². The minimum atomic E-state index is -5.35. The molecule has 2 aliphatic rings. The van der Waals surface area contributed by atoms with E-state index in [1.54, 1.807) is 18.4 Å². The molecule has 118 valence electrons. The van der Waals surface area contributed by atoms with Crippen molar-refractivity contribution in [3.8, 4) is 0 Å². The van der Waals surface area contributed by atoms with E-state index in [1.807, 2.05) is 22.9 Å². The number of ketones is 1. The summed E-state index contributed by atoms with van der Waals surface area (Å²) in [6.45, 7) is 1.44. The van der Waals surface area contributed by atoms with Gasteiger partial charge >= 0.3 is 6.18 Å². The molecule has 0 spiro atoms. The highest BCUT2D eigenvalue weighted by Gasteiger charge is 2.45. The van der Waals surface area contributed by atoms with Gasteiger partial charge in [-0.05, 0) is 18.2 Å². The molecule has 1 aliphatic heterocycles. The second-order valence-electron chi connectivity index (χ2n) is 4.63. The third-order valence-electron chi connectivity index (χ3n) is 3.12. The monoisotopic (exact) mass is 429 g/mol. The van der Waals surface area contributed by atoms with Crippen LogP contribution in [-0.4, -0.2) is 15.1 Å². The number of allylic oxidation sites excluding steroid dienone is 8. The lowest BCUT2D eigenvalue weighted by Crippen LogP contribution is -2.28. The minimum absolute atomic E-state index is 0.163. The smallest absolute Gasteiger partial charge is 0.290 e. The third-order valence-corrected chi connectivity index (χ3v) is 3.96. The molecule has 0 amide bonds. The molecule has 0 aromatic heterocycles. The number of carbonyl (C=O) groups excluding carboxylic acids is 1. The van der Waals surface area contributed by atoms with Gasteiger partial charge in [0, 0.05) is 17.7 Å². The van der Waals surface area contributed by atoms with Crippen LogP contribution in [0.25, 0.3) is 0 Å². The van der Waals surface area contributed by atoms with Crippen molar-refractivity contribution in [3.05, 3.63) is 59.0 Å². The Labute approximate surface area is 136 Å². The van der Waals surface area contributed by atoms with Crippen molar-refractivity contribution in [2.24, 2.45) is 5.92 Å². The Bertz CT molecular complexity index is 669. The first-order valence-corrected chi connectivity index (χ1v) is 7.04.